The first kappa shape index (κ1) is 30.9. The highest BCUT2D eigenvalue weighted by Crippen LogP contribution is 2.22. The first-order chi connectivity index (χ1) is 19.6. The number of rotatable bonds is 12. The van der Waals surface area contributed by atoms with E-state index in [1.807, 2.05) is 0 Å². The zero-order chi connectivity index (χ0) is 29.6. The van der Waals surface area contributed by atoms with Gasteiger partial charge < -0.3 is 26.2 Å². The minimum absolute atomic E-state index is 0.0191. The van der Waals surface area contributed by atoms with Crippen molar-refractivity contribution in [2.75, 3.05) is 26.7 Å². The maximum absolute atomic E-state index is 13.8. The highest BCUT2D eigenvalue weighted by molar-refractivity contribution is 7.88. The van der Waals surface area contributed by atoms with Crippen LogP contribution in [0.1, 0.15) is 36.0 Å². The molecule has 2 fully saturated rings. The molecule has 4 rings (SSSR count). The lowest BCUT2D eigenvalue weighted by atomic mass is 10.1. The average molecular weight is 605 g/mol. The van der Waals surface area contributed by atoms with Crippen LogP contribution in [-0.2, 0) is 43.2 Å². The molecule has 0 bridgehead atoms. The predicted octanol–water partition coefficient (Wildman–Crippen LogP) is 0.714. The number of nitrogens with two attached hydrogens (primary N) is 1. The Morgan fingerprint density at radius 3 is 2.54 bits per heavy atom. The van der Waals surface area contributed by atoms with Crippen molar-refractivity contribution in [2.45, 2.75) is 56.2 Å². The van der Waals surface area contributed by atoms with Crippen molar-refractivity contribution in [3.8, 4) is 0 Å². The number of nitrogens with zero attached hydrogens (tertiary/aromatic N) is 2. The zero-order valence-electron chi connectivity index (χ0n) is 23.0. The van der Waals surface area contributed by atoms with Gasteiger partial charge in [-0.3, -0.25) is 14.4 Å². The number of hydrogen-bond donors (Lipinski definition) is 4. The summed E-state index contributed by atoms with van der Waals surface area (Å²) in [5, 5.41) is 6.48. The Bertz CT molecular complexity index is 1350. The molecular formula is C28H37ClN6O5S. The molecular weight excluding hydrogens is 568 g/mol. The van der Waals surface area contributed by atoms with E-state index < -0.39 is 28.0 Å². The van der Waals surface area contributed by atoms with Crippen LogP contribution in [0.4, 0.5) is 0 Å². The lowest BCUT2D eigenvalue weighted by molar-refractivity contribution is -0.142. The second kappa shape index (κ2) is 13.8. The summed E-state index contributed by atoms with van der Waals surface area (Å²) in [6.45, 7) is 1.99. The number of hydrogen-bond acceptors (Lipinski definition) is 7. The van der Waals surface area contributed by atoms with Gasteiger partial charge in [0.05, 0.1) is 18.2 Å². The van der Waals surface area contributed by atoms with E-state index in [9.17, 15) is 22.8 Å². The van der Waals surface area contributed by atoms with Crippen LogP contribution in [0.3, 0.4) is 0 Å². The van der Waals surface area contributed by atoms with Gasteiger partial charge in [0, 0.05) is 44.8 Å². The molecule has 2 aromatic rings. The van der Waals surface area contributed by atoms with E-state index in [0.717, 1.165) is 11.1 Å². The van der Waals surface area contributed by atoms with Gasteiger partial charge in [-0.1, -0.05) is 48.0 Å². The smallest absolute Gasteiger partial charge is 0.243 e. The fourth-order valence-corrected chi connectivity index (χ4v) is 6.59. The molecule has 0 saturated carbocycles. The lowest BCUT2D eigenvalue weighted by Crippen LogP contribution is -2.59. The van der Waals surface area contributed by atoms with Crippen LogP contribution in [0.2, 0.25) is 5.02 Å². The quantitative estimate of drug-likeness (QED) is 0.278. The van der Waals surface area contributed by atoms with Gasteiger partial charge in [0.1, 0.15) is 12.1 Å². The molecule has 2 aromatic carbocycles. The maximum atomic E-state index is 13.8. The predicted molar refractivity (Wildman–Crippen MR) is 156 cm³/mol. The van der Waals surface area contributed by atoms with E-state index in [2.05, 4.69) is 15.4 Å². The van der Waals surface area contributed by atoms with Crippen LogP contribution in [0.5, 0.6) is 0 Å². The monoisotopic (exact) mass is 604 g/mol. The summed E-state index contributed by atoms with van der Waals surface area (Å²) in [4.78, 5) is 43.1. The van der Waals surface area contributed by atoms with Crippen molar-refractivity contribution in [1.29, 1.82) is 0 Å². The molecule has 222 valence electrons. The molecule has 11 nitrogen and oxygen atoms in total. The number of likely N-dealkylation sites (tertiary alicyclic amines) is 1. The Morgan fingerprint density at radius 1 is 1.15 bits per heavy atom. The average Bonchev–Trinajstić information content (AvgIpc) is 3.40. The number of carbonyl (C=O) groups excluding carboxylic acids is 3. The van der Waals surface area contributed by atoms with E-state index in [4.69, 9.17) is 17.3 Å². The fourth-order valence-electron chi connectivity index (χ4n) is 5.06. The summed E-state index contributed by atoms with van der Waals surface area (Å²) >= 11 is 6.12. The summed E-state index contributed by atoms with van der Waals surface area (Å²) in [7, 11) is -2.35. The summed E-state index contributed by atoms with van der Waals surface area (Å²) in [5.41, 5.74) is 7.98. The van der Waals surface area contributed by atoms with Gasteiger partial charge in [-0.15, -0.1) is 0 Å². The molecule has 0 aromatic heterocycles. The number of likely N-dealkylation sites (N-methyl/N-ethyl adjacent to an activating group) is 1. The highest BCUT2D eigenvalue weighted by Gasteiger charge is 2.40. The van der Waals surface area contributed by atoms with Crippen LogP contribution < -0.4 is 21.1 Å². The molecule has 2 heterocycles. The number of benzene rings is 2. The molecule has 41 heavy (non-hydrogen) atoms. The minimum Gasteiger partial charge on any atom is -0.350 e. The molecule has 0 aliphatic carbocycles. The largest absolute Gasteiger partial charge is 0.350 e. The second-order valence-electron chi connectivity index (χ2n) is 10.5. The van der Waals surface area contributed by atoms with Crippen LogP contribution in [0.15, 0.2) is 48.5 Å². The Hall–Kier alpha value is -3.03. The van der Waals surface area contributed by atoms with Crippen molar-refractivity contribution in [2.24, 2.45) is 5.73 Å². The number of sulfonamides is 1. The molecule has 2 saturated heterocycles. The standard InChI is InChI=1S/C28H37ClN6O5S/c1-34(23-16-31-17-23)26(36)13-24(33-41(39,40)18-19-6-3-2-4-7-19)28(38)35-11-5-8-25(35)27(37)32-15-21-12-22(29)10-9-20(21)14-30/h2-4,6-7,9-10,12,23-25,31,33H,5,8,11,13-18,30H2,1H3,(H,32,37)/t24-,25+/m1/s1. The van der Waals surface area contributed by atoms with Crippen molar-refractivity contribution >= 4 is 39.3 Å². The summed E-state index contributed by atoms with van der Waals surface area (Å²) in [5.74, 6) is -1.67. The number of carbonyl (C=O) groups is 3. The van der Waals surface area contributed by atoms with Crippen LogP contribution >= 0.6 is 11.6 Å². The first-order valence-electron chi connectivity index (χ1n) is 13.6. The Labute approximate surface area is 245 Å². The molecule has 13 heteroatoms. The number of amides is 3. The topological polar surface area (TPSA) is 154 Å². The zero-order valence-corrected chi connectivity index (χ0v) is 24.6. The minimum atomic E-state index is -3.99. The Morgan fingerprint density at radius 2 is 1.88 bits per heavy atom. The van der Waals surface area contributed by atoms with Gasteiger partial charge in [0.25, 0.3) is 0 Å². The van der Waals surface area contributed by atoms with E-state index in [1.54, 1.807) is 55.6 Å². The molecule has 0 radical (unpaired) electrons. The molecule has 5 N–H and O–H groups in total. The third-order valence-corrected chi connectivity index (χ3v) is 9.17. The molecule has 0 spiro atoms. The molecule has 2 atom stereocenters. The van der Waals surface area contributed by atoms with E-state index in [1.165, 1.54) is 9.80 Å². The summed E-state index contributed by atoms with van der Waals surface area (Å²) < 4.78 is 28.7. The summed E-state index contributed by atoms with van der Waals surface area (Å²) in [6, 6.07) is 11.7. The number of halogens is 1. The van der Waals surface area contributed by atoms with Gasteiger partial charge in [0.15, 0.2) is 0 Å². The molecule has 0 unspecified atom stereocenters. The Balaban J connectivity index is 1.49. The first-order valence-corrected chi connectivity index (χ1v) is 15.7. The molecule has 2 aliphatic heterocycles. The maximum Gasteiger partial charge on any atom is 0.243 e. The van der Waals surface area contributed by atoms with Crippen molar-refractivity contribution < 1.29 is 22.8 Å². The SMILES string of the molecule is CN(C(=O)C[C@@H](NS(=O)(=O)Cc1ccccc1)C(=O)N1CCC[C@H]1C(=O)NCc1cc(Cl)ccc1CN)C1CNC1. The lowest BCUT2D eigenvalue weighted by Gasteiger charge is -2.36. The van der Waals surface area contributed by atoms with E-state index in [0.29, 0.717) is 36.5 Å². The highest BCUT2D eigenvalue weighted by atomic mass is 35.5. The van der Waals surface area contributed by atoms with Crippen LogP contribution in [-0.4, -0.2) is 80.7 Å². The second-order valence-corrected chi connectivity index (χ2v) is 12.7. The van der Waals surface area contributed by atoms with E-state index in [-0.39, 0.29) is 49.7 Å². The number of nitrogens with one attached hydrogen (secondary N) is 3. The van der Waals surface area contributed by atoms with Gasteiger partial charge >= 0.3 is 0 Å². The van der Waals surface area contributed by atoms with Crippen LogP contribution in [0.25, 0.3) is 0 Å². The molecule has 3 amide bonds. The summed E-state index contributed by atoms with van der Waals surface area (Å²) in [6.07, 6.45) is 0.634. The van der Waals surface area contributed by atoms with Gasteiger partial charge in [-0.25, -0.2) is 13.1 Å². The molecule has 2 aliphatic rings. The van der Waals surface area contributed by atoms with Crippen molar-refractivity contribution in [3.05, 3.63) is 70.2 Å². The normalized spacial score (nSPS) is 18.0. The van der Waals surface area contributed by atoms with Gasteiger partial charge in [-0.05, 0) is 41.7 Å². The van der Waals surface area contributed by atoms with Gasteiger partial charge in [0.2, 0.25) is 27.7 Å². The van der Waals surface area contributed by atoms with E-state index >= 15 is 0 Å². The van der Waals surface area contributed by atoms with Crippen molar-refractivity contribution in [3.63, 3.8) is 0 Å². The third-order valence-electron chi connectivity index (χ3n) is 7.58. The van der Waals surface area contributed by atoms with Crippen LogP contribution in [0, 0.1) is 0 Å². The van der Waals surface area contributed by atoms with Crippen molar-refractivity contribution in [1.82, 2.24) is 25.2 Å². The van der Waals surface area contributed by atoms with Gasteiger partial charge in [-0.2, -0.15) is 0 Å². The third kappa shape index (κ3) is 8.04. The fraction of sp³-hybridized carbons (Fsp3) is 0.464. The Kier molecular flexibility index (Phi) is 10.4.